The van der Waals surface area contributed by atoms with E-state index in [2.05, 4.69) is 47.0 Å². The molecule has 2 heterocycles. The summed E-state index contributed by atoms with van der Waals surface area (Å²) in [5.74, 6) is 0.406. The van der Waals surface area contributed by atoms with Gasteiger partial charge < -0.3 is 5.32 Å². The average Bonchev–Trinajstić information content (AvgIpc) is 3.03. The van der Waals surface area contributed by atoms with Gasteiger partial charge in [-0.2, -0.15) is 5.10 Å². The first-order valence-corrected chi connectivity index (χ1v) is 7.92. The molecule has 0 bridgehead atoms. The van der Waals surface area contributed by atoms with Gasteiger partial charge >= 0.3 is 0 Å². The molecule has 0 spiro atoms. The normalized spacial score (nSPS) is 13.1. The summed E-state index contributed by atoms with van der Waals surface area (Å²) in [5.41, 5.74) is 2.36. The van der Waals surface area contributed by atoms with Crippen LogP contribution in [0.1, 0.15) is 55.3 Å². The molecule has 1 unspecified atom stereocenters. The van der Waals surface area contributed by atoms with Crippen LogP contribution in [0.25, 0.3) is 0 Å². The van der Waals surface area contributed by atoms with E-state index in [-0.39, 0.29) is 6.04 Å². The molecule has 2 aromatic rings. The molecule has 0 saturated heterocycles. The van der Waals surface area contributed by atoms with Crippen molar-refractivity contribution < 1.29 is 0 Å². The summed E-state index contributed by atoms with van der Waals surface area (Å²) in [6.45, 7) is 7.52. The third-order valence-corrected chi connectivity index (χ3v) is 4.10. The van der Waals surface area contributed by atoms with Crippen molar-refractivity contribution in [2.45, 2.75) is 45.6 Å². The van der Waals surface area contributed by atoms with Crippen LogP contribution >= 0.6 is 11.5 Å². The number of hydrogen-bond donors (Lipinski definition) is 1. The van der Waals surface area contributed by atoms with Crippen LogP contribution in [0.3, 0.4) is 0 Å². The van der Waals surface area contributed by atoms with Crippen molar-refractivity contribution in [3.8, 4) is 0 Å². The number of aryl methyl sites for hydroxylation is 1. The highest BCUT2D eigenvalue weighted by Crippen LogP contribution is 2.28. The van der Waals surface area contributed by atoms with E-state index in [1.165, 1.54) is 22.0 Å². The predicted octanol–water partition coefficient (Wildman–Crippen LogP) is 2.68. The zero-order valence-electron chi connectivity index (χ0n) is 12.6. The highest BCUT2D eigenvalue weighted by Gasteiger charge is 2.21. The molecular formula is C14H23N5S. The van der Waals surface area contributed by atoms with Gasteiger partial charge in [-0.15, -0.1) is 5.10 Å². The zero-order valence-corrected chi connectivity index (χ0v) is 13.4. The van der Waals surface area contributed by atoms with Gasteiger partial charge in [-0.1, -0.05) is 25.3 Å². The van der Waals surface area contributed by atoms with Crippen molar-refractivity contribution in [1.29, 1.82) is 0 Å². The summed E-state index contributed by atoms with van der Waals surface area (Å²) in [5, 5.41) is 12.2. The van der Waals surface area contributed by atoms with Gasteiger partial charge in [0, 0.05) is 19.3 Å². The molecule has 110 valence electrons. The molecular weight excluding hydrogens is 270 g/mol. The summed E-state index contributed by atoms with van der Waals surface area (Å²) in [7, 11) is 1.95. The molecule has 0 amide bonds. The second kappa shape index (κ2) is 6.95. The lowest BCUT2D eigenvalue weighted by molar-refractivity contribution is 0.529. The van der Waals surface area contributed by atoms with E-state index in [0.29, 0.717) is 5.92 Å². The molecule has 0 fully saturated rings. The molecule has 2 rings (SSSR count). The summed E-state index contributed by atoms with van der Waals surface area (Å²) in [6, 6.07) is 0.275. The number of rotatable bonds is 7. The third kappa shape index (κ3) is 3.64. The molecule has 5 nitrogen and oxygen atoms in total. The Labute approximate surface area is 124 Å². The molecule has 0 aromatic carbocycles. The Bertz CT molecular complexity index is 531. The molecule has 0 saturated carbocycles. The van der Waals surface area contributed by atoms with Crippen LogP contribution in [0.4, 0.5) is 0 Å². The Morgan fingerprint density at radius 1 is 1.40 bits per heavy atom. The van der Waals surface area contributed by atoms with E-state index in [9.17, 15) is 0 Å². The van der Waals surface area contributed by atoms with Crippen molar-refractivity contribution in [3.63, 3.8) is 0 Å². The number of nitrogens with one attached hydrogen (secondary N) is 1. The number of nitrogens with zero attached hydrogens (tertiary/aromatic N) is 4. The van der Waals surface area contributed by atoms with Crippen molar-refractivity contribution >= 4 is 11.5 Å². The maximum Gasteiger partial charge on any atom is 0.0829 e. The van der Waals surface area contributed by atoms with E-state index in [4.69, 9.17) is 0 Å². The Kier molecular flexibility index (Phi) is 5.25. The summed E-state index contributed by atoms with van der Waals surface area (Å²) in [4.78, 5) is 1.26. The molecule has 0 aliphatic carbocycles. The van der Waals surface area contributed by atoms with Gasteiger partial charge in [0.25, 0.3) is 0 Å². The van der Waals surface area contributed by atoms with E-state index in [0.717, 1.165) is 25.1 Å². The molecule has 1 atom stereocenters. The van der Waals surface area contributed by atoms with Crippen LogP contribution in [0.15, 0.2) is 12.4 Å². The topological polar surface area (TPSA) is 55.6 Å². The van der Waals surface area contributed by atoms with Gasteiger partial charge in [0.2, 0.25) is 0 Å². The fourth-order valence-electron chi connectivity index (χ4n) is 2.24. The van der Waals surface area contributed by atoms with Crippen molar-refractivity contribution in [2.24, 2.45) is 7.05 Å². The van der Waals surface area contributed by atoms with E-state index >= 15 is 0 Å². The first-order valence-electron chi connectivity index (χ1n) is 7.14. The Balaban J connectivity index is 2.20. The minimum absolute atomic E-state index is 0.275. The van der Waals surface area contributed by atoms with Gasteiger partial charge in [-0.3, -0.25) is 4.68 Å². The van der Waals surface area contributed by atoms with Crippen LogP contribution in [0.5, 0.6) is 0 Å². The quantitative estimate of drug-likeness (QED) is 0.852. The van der Waals surface area contributed by atoms with Gasteiger partial charge in [0.15, 0.2) is 0 Å². The highest BCUT2D eigenvalue weighted by atomic mass is 32.1. The lowest BCUT2D eigenvalue weighted by Gasteiger charge is -2.18. The fourth-order valence-corrected chi connectivity index (χ4v) is 3.12. The van der Waals surface area contributed by atoms with Crippen molar-refractivity contribution in [2.75, 3.05) is 6.54 Å². The minimum atomic E-state index is 0.275. The Morgan fingerprint density at radius 3 is 2.80 bits per heavy atom. The number of hydrogen-bond acceptors (Lipinski definition) is 5. The predicted molar refractivity (Wildman–Crippen MR) is 81.9 cm³/mol. The van der Waals surface area contributed by atoms with Gasteiger partial charge in [0.1, 0.15) is 0 Å². The van der Waals surface area contributed by atoms with Crippen LogP contribution in [0.2, 0.25) is 0 Å². The molecule has 20 heavy (non-hydrogen) atoms. The average molecular weight is 293 g/mol. The number of aromatic nitrogens is 4. The molecule has 2 aromatic heterocycles. The SMILES string of the molecule is CCCNC(Cc1cnn(C)c1)c1snnc1C(C)C. The Morgan fingerprint density at radius 2 is 2.20 bits per heavy atom. The third-order valence-electron chi connectivity index (χ3n) is 3.24. The molecule has 6 heteroatoms. The zero-order chi connectivity index (χ0) is 14.5. The summed E-state index contributed by atoms with van der Waals surface area (Å²) < 4.78 is 6.00. The Hall–Kier alpha value is -1.27. The monoisotopic (exact) mass is 293 g/mol. The van der Waals surface area contributed by atoms with Crippen LogP contribution < -0.4 is 5.32 Å². The summed E-state index contributed by atoms with van der Waals surface area (Å²) in [6.07, 6.45) is 6.05. The smallest absolute Gasteiger partial charge is 0.0829 e. The first-order chi connectivity index (χ1) is 9.61. The van der Waals surface area contributed by atoms with E-state index in [1.54, 1.807) is 0 Å². The van der Waals surface area contributed by atoms with Crippen LogP contribution in [-0.2, 0) is 13.5 Å². The van der Waals surface area contributed by atoms with Crippen LogP contribution in [-0.4, -0.2) is 25.9 Å². The standard InChI is InChI=1S/C14H23N5S/c1-5-6-15-12(7-11-8-16-19(4)9-11)14-13(10(2)3)17-18-20-14/h8-10,12,15H,5-7H2,1-4H3. The van der Waals surface area contributed by atoms with Gasteiger partial charge in [-0.05, 0) is 42.4 Å². The first kappa shape index (κ1) is 15.1. The second-order valence-corrected chi connectivity index (χ2v) is 6.20. The largest absolute Gasteiger partial charge is 0.309 e. The fraction of sp³-hybridized carbons (Fsp3) is 0.643. The maximum absolute atomic E-state index is 4.30. The molecule has 1 N–H and O–H groups in total. The van der Waals surface area contributed by atoms with Gasteiger partial charge in [-0.25, -0.2) is 0 Å². The molecule has 0 aliphatic heterocycles. The lowest BCUT2D eigenvalue weighted by atomic mass is 10.0. The highest BCUT2D eigenvalue weighted by molar-refractivity contribution is 7.05. The van der Waals surface area contributed by atoms with E-state index in [1.807, 2.05) is 17.9 Å². The summed E-state index contributed by atoms with van der Waals surface area (Å²) >= 11 is 1.51. The minimum Gasteiger partial charge on any atom is -0.309 e. The maximum atomic E-state index is 4.30. The van der Waals surface area contributed by atoms with E-state index < -0.39 is 0 Å². The second-order valence-electron chi connectivity index (χ2n) is 5.41. The van der Waals surface area contributed by atoms with Crippen molar-refractivity contribution in [1.82, 2.24) is 24.7 Å². The van der Waals surface area contributed by atoms with Crippen molar-refractivity contribution in [3.05, 3.63) is 28.5 Å². The lowest BCUT2D eigenvalue weighted by Crippen LogP contribution is -2.24. The molecule has 0 radical (unpaired) electrons. The molecule has 0 aliphatic rings. The van der Waals surface area contributed by atoms with Gasteiger partial charge in [0.05, 0.1) is 16.8 Å². The van der Waals surface area contributed by atoms with Crippen LogP contribution in [0, 0.1) is 0 Å².